The van der Waals surface area contributed by atoms with E-state index in [-0.39, 0.29) is 18.2 Å². The van der Waals surface area contributed by atoms with Gasteiger partial charge in [-0.3, -0.25) is 9.59 Å². The standard InChI is InChI=1S/C23H27Cl2N3O2/c1-16(2)13-23(30)28-11-9-27(10-12-28)21-8-7-19(15-20(21)25)26-22(29)14-17-3-5-18(24)6-4-17/h3-8,15-16H,9-14H2,1-2H3,(H,26,29). The number of carbonyl (C=O) groups is 2. The first kappa shape index (κ1) is 22.4. The van der Waals surface area contributed by atoms with Crippen LogP contribution in [0.2, 0.25) is 10.0 Å². The maximum atomic E-state index is 12.3. The first-order valence-electron chi connectivity index (χ1n) is 10.2. The van der Waals surface area contributed by atoms with E-state index in [9.17, 15) is 9.59 Å². The molecule has 1 heterocycles. The Kier molecular flexibility index (Phi) is 7.62. The summed E-state index contributed by atoms with van der Waals surface area (Å²) in [5.74, 6) is 0.473. The average molecular weight is 448 g/mol. The summed E-state index contributed by atoms with van der Waals surface area (Å²) < 4.78 is 0. The second-order valence-corrected chi connectivity index (χ2v) is 8.83. The van der Waals surface area contributed by atoms with E-state index in [2.05, 4.69) is 24.1 Å². The van der Waals surface area contributed by atoms with E-state index in [4.69, 9.17) is 23.2 Å². The monoisotopic (exact) mass is 447 g/mol. The number of anilines is 2. The maximum absolute atomic E-state index is 12.3. The van der Waals surface area contributed by atoms with Crippen molar-refractivity contribution in [3.05, 3.63) is 58.1 Å². The minimum atomic E-state index is -0.113. The molecule has 0 atom stereocenters. The lowest BCUT2D eigenvalue weighted by Crippen LogP contribution is -2.49. The van der Waals surface area contributed by atoms with E-state index < -0.39 is 0 Å². The van der Waals surface area contributed by atoms with Gasteiger partial charge in [0.15, 0.2) is 0 Å². The van der Waals surface area contributed by atoms with Crippen molar-refractivity contribution in [1.82, 2.24) is 4.90 Å². The number of carbonyl (C=O) groups excluding carboxylic acids is 2. The third-order valence-corrected chi connectivity index (χ3v) is 5.62. The second kappa shape index (κ2) is 10.2. The highest BCUT2D eigenvalue weighted by molar-refractivity contribution is 6.33. The molecule has 2 aromatic rings. The SMILES string of the molecule is CC(C)CC(=O)N1CCN(c2ccc(NC(=O)Cc3ccc(Cl)cc3)cc2Cl)CC1. The van der Waals surface area contributed by atoms with E-state index in [0.29, 0.717) is 41.2 Å². The van der Waals surface area contributed by atoms with Gasteiger partial charge < -0.3 is 15.1 Å². The molecule has 160 valence electrons. The Morgan fingerprint density at radius 1 is 1.00 bits per heavy atom. The van der Waals surface area contributed by atoms with Gasteiger partial charge in [0.2, 0.25) is 11.8 Å². The Morgan fingerprint density at radius 3 is 2.27 bits per heavy atom. The van der Waals surface area contributed by atoms with E-state index >= 15 is 0 Å². The van der Waals surface area contributed by atoms with Crippen LogP contribution in [-0.4, -0.2) is 42.9 Å². The van der Waals surface area contributed by atoms with Crippen LogP contribution in [0.25, 0.3) is 0 Å². The van der Waals surface area contributed by atoms with E-state index in [1.165, 1.54) is 0 Å². The van der Waals surface area contributed by atoms with Gasteiger partial charge in [0.25, 0.3) is 0 Å². The molecule has 0 radical (unpaired) electrons. The van der Waals surface area contributed by atoms with Crippen molar-refractivity contribution in [2.45, 2.75) is 26.7 Å². The smallest absolute Gasteiger partial charge is 0.228 e. The zero-order valence-electron chi connectivity index (χ0n) is 17.3. The lowest BCUT2D eigenvalue weighted by Gasteiger charge is -2.36. The van der Waals surface area contributed by atoms with E-state index in [0.717, 1.165) is 24.3 Å². The Hall–Kier alpha value is -2.24. The Labute approximate surface area is 187 Å². The van der Waals surface area contributed by atoms with E-state index in [1.807, 2.05) is 29.2 Å². The Balaban J connectivity index is 1.56. The highest BCUT2D eigenvalue weighted by atomic mass is 35.5. The van der Waals surface area contributed by atoms with Crippen molar-refractivity contribution in [2.24, 2.45) is 5.92 Å². The topological polar surface area (TPSA) is 52.7 Å². The number of hydrogen-bond donors (Lipinski definition) is 1. The summed E-state index contributed by atoms with van der Waals surface area (Å²) in [4.78, 5) is 28.7. The molecule has 1 aliphatic heterocycles. The van der Waals surface area contributed by atoms with Gasteiger partial charge in [-0.15, -0.1) is 0 Å². The summed E-state index contributed by atoms with van der Waals surface area (Å²) in [6.45, 7) is 6.99. The average Bonchev–Trinajstić information content (AvgIpc) is 2.69. The van der Waals surface area contributed by atoms with Crippen LogP contribution < -0.4 is 10.2 Å². The summed E-state index contributed by atoms with van der Waals surface area (Å²) in [5.41, 5.74) is 2.47. The molecule has 0 aliphatic carbocycles. The number of hydrogen-bond acceptors (Lipinski definition) is 3. The molecule has 2 aromatic carbocycles. The lowest BCUT2D eigenvalue weighted by atomic mass is 10.1. The van der Waals surface area contributed by atoms with Gasteiger partial charge in [-0.1, -0.05) is 49.2 Å². The molecule has 0 unspecified atom stereocenters. The van der Waals surface area contributed by atoms with Gasteiger partial charge in [0.05, 0.1) is 17.1 Å². The fraction of sp³-hybridized carbons (Fsp3) is 0.391. The molecule has 0 spiro atoms. The lowest BCUT2D eigenvalue weighted by molar-refractivity contribution is -0.132. The number of nitrogens with zero attached hydrogens (tertiary/aromatic N) is 2. The van der Waals surface area contributed by atoms with Gasteiger partial charge in [-0.05, 0) is 41.8 Å². The predicted octanol–water partition coefficient (Wildman–Crippen LogP) is 4.87. The fourth-order valence-electron chi connectivity index (χ4n) is 3.51. The van der Waals surface area contributed by atoms with Gasteiger partial charge in [0, 0.05) is 43.3 Å². The molecule has 3 rings (SSSR count). The molecular formula is C23H27Cl2N3O2. The quantitative estimate of drug-likeness (QED) is 0.686. The summed E-state index contributed by atoms with van der Waals surface area (Å²) in [6, 6.07) is 12.8. The van der Waals surface area contributed by atoms with E-state index in [1.54, 1.807) is 18.2 Å². The van der Waals surface area contributed by atoms with Crippen LogP contribution in [0.5, 0.6) is 0 Å². The third kappa shape index (κ3) is 6.13. The minimum Gasteiger partial charge on any atom is -0.367 e. The summed E-state index contributed by atoms with van der Waals surface area (Å²) in [6.07, 6.45) is 0.855. The molecule has 0 saturated carbocycles. The van der Waals surface area contributed by atoms with Crippen LogP contribution in [0.3, 0.4) is 0 Å². The molecule has 1 saturated heterocycles. The molecule has 1 fully saturated rings. The number of nitrogens with one attached hydrogen (secondary N) is 1. The summed E-state index contributed by atoms with van der Waals surface area (Å²) >= 11 is 12.4. The molecule has 1 N–H and O–H groups in total. The highest BCUT2D eigenvalue weighted by Gasteiger charge is 2.23. The number of halogens is 2. The first-order valence-corrected chi connectivity index (χ1v) is 10.9. The Bertz CT molecular complexity index is 892. The van der Waals surface area contributed by atoms with Crippen LogP contribution >= 0.6 is 23.2 Å². The van der Waals surface area contributed by atoms with Gasteiger partial charge in [0.1, 0.15) is 0 Å². The van der Waals surface area contributed by atoms with Crippen molar-refractivity contribution in [1.29, 1.82) is 0 Å². The molecule has 0 bridgehead atoms. The molecule has 2 amide bonds. The molecule has 1 aliphatic rings. The van der Waals surface area contributed by atoms with Crippen LogP contribution in [0.1, 0.15) is 25.8 Å². The van der Waals surface area contributed by atoms with Crippen molar-refractivity contribution < 1.29 is 9.59 Å². The number of piperazine rings is 1. The van der Waals surface area contributed by atoms with Gasteiger partial charge in [-0.2, -0.15) is 0 Å². The zero-order valence-corrected chi connectivity index (χ0v) is 18.8. The minimum absolute atomic E-state index is 0.113. The molecule has 7 heteroatoms. The number of rotatable bonds is 6. The predicted molar refractivity (Wildman–Crippen MR) is 123 cm³/mol. The summed E-state index contributed by atoms with van der Waals surface area (Å²) in [7, 11) is 0. The normalized spacial score (nSPS) is 14.2. The van der Waals surface area contributed by atoms with Gasteiger partial charge in [-0.25, -0.2) is 0 Å². The van der Waals surface area contributed by atoms with Crippen molar-refractivity contribution >= 4 is 46.4 Å². The third-order valence-electron chi connectivity index (χ3n) is 5.07. The Morgan fingerprint density at radius 2 is 1.67 bits per heavy atom. The zero-order chi connectivity index (χ0) is 21.7. The molecule has 30 heavy (non-hydrogen) atoms. The fourth-order valence-corrected chi connectivity index (χ4v) is 3.94. The van der Waals surface area contributed by atoms with Crippen molar-refractivity contribution in [3.8, 4) is 0 Å². The van der Waals surface area contributed by atoms with Crippen LogP contribution in [0.15, 0.2) is 42.5 Å². The molecular weight excluding hydrogens is 421 g/mol. The summed E-state index contributed by atoms with van der Waals surface area (Å²) in [5, 5.41) is 4.12. The first-order chi connectivity index (χ1) is 14.3. The molecule has 0 aromatic heterocycles. The van der Waals surface area contributed by atoms with Gasteiger partial charge >= 0.3 is 0 Å². The molecule has 5 nitrogen and oxygen atoms in total. The second-order valence-electron chi connectivity index (χ2n) is 7.98. The number of amides is 2. The number of benzene rings is 2. The van der Waals surface area contributed by atoms with Crippen molar-refractivity contribution in [3.63, 3.8) is 0 Å². The van der Waals surface area contributed by atoms with Crippen LogP contribution in [-0.2, 0) is 16.0 Å². The van der Waals surface area contributed by atoms with Crippen LogP contribution in [0.4, 0.5) is 11.4 Å². The van der Waals surface area contributed by atoms with Crippen molar-refractivity contribution in [2.75, 3.05) is 36.4 Å². The van der Waals surface area contributed by atoms with Crippen LogP contribution in [0, 0.1) is 5.92 Å². The highest BCUT2D eigenvalue weighted by Crippen LogP contribution is 2.30. The maximum Gasteiger partial charge on any atom is 0.228 e. The largest absolute Gasteiger partial charge is 0.367 e.